The zero-order valence-corrected chi connectivity index (χ0v) is 21.2. The van der Waals surface area contributed by atoms with Gasteiger partial charge >= 0.3 is 7.12 Å². The summed E-state index contributed by atoms with van der Waals surface area (Å²) < 4.78 is 12.9. The Morgan fingerprint density at radius 3 is 1.65 bits per heavy atom. The van der Waals surface area contributed by atoms with Crippen LogP contribution in [0.1, 0.15) is 27.7 Å². The van der Waals surface area contributed by atoms with E-state index in [1.807, 2.05) is 0 Å². The van der Waals surface area contributed by atoms with Gasteiger partial charge in [0.15, 0.2) is 8.07 Å². The van der Waals surface area contributed by atoms with Crippen LogP contribution >= 0.6 is 0 Å². The standard InChI is InChI=1S/C30H29BO2Si/c1-29(2)30(3,4)33-31(32-29)22-19-20-26-25-17-11-12-18-27(25)34(28(26)21-22,23-13-7-5-8-14-23)24-15-9-6-10-16-24/h5-21H,1-4H3. The molecule has 0 atom stereocenters. The molecule has 4 aromatic carbocycles. The average molecular weight is 460 g/mol. The molecule has 6 rings (SSSR count). The van der Waals surface area contributed by atoms with E-state index in [1.54, 1.807) is 0 Å². The van der Waals surface area contributed by atoms with Crippen LogP contribution in [0.5, 0.6) is 0 Å². The first-order valence-corrected chi connectivity index (χ1v) is 14.1. The lowest BCUT2D eigenvalue weighted by atomic mass is 9.78. The topological polar surface area (TPSA) is 18.5 Å². The van der Waals surface area contributed by atoms with Crippen molar-refractivity contribution < 1.29 is 9.31 Å². The van der Waals surface area contributed by atoms with Crippen LogP contribution in [0.4, 0.5) is 0 Å². The number of hydrogen-bond acceptors (Lipinski definition) is 2. The molecule has 4 aromatic rings. The van der Waals surface area contributed by atoms with Crippen molar-refractivity contribution in [3.63, 3.8) is 0 Å². The van der Waals surface area contributed by atoms with Gasteiger partial charge in [0.2, 0.25) is 0 Å². The number of fused-ring (bicyclic) bond motifs is 3. The Morgan fingerprint density at radius 2 is 1.06 bits per heavy atom. The second-order valence-corrected chi connectivity index (χ2v) is 14.2. The summed E-state index contributed by atoms with van der Waals surface area (Å²) in [7, 11) is -2.87. The highest BCUT2D eigenvalue weighted by atomic mass is 28.3. The van der Waals surface area contributed by atoms with Gasteiger partial charge in [-0.1, -0.05) is 103 Å². The molecule has 0 aromatic heterocycles. The molecule has 1 saturated heterocycles. The van der Waals surface area contributed by atoms with Crippen LogP contribution < -0.4 is 26.2 Å². The maximum Gasteiger partial charge on any atom is 0.494 e. The Labute approximate surface area is 203 Å². The minimum absolute atomic E-state index is 0.368. The molecule has 0 bridgehead atoms. The third-order valence-corrected chi connectivity index (χ3v) is 12.9. The van der Waals surface area contributed by atoms with Crippen molar-refractivity contribution in [3.05, 3.63) is 103 Å². The molecule has 0 N–H and O–H groups in total. The summed E-state index contributed by atoms with van der Waals surface area (Å²) in [5, 5.41) is 5.67. The third kappa shape index (κ3) is 2.96. The van der Waals surface area contributed by atoms with Gasteiger partial charge in [-0.3, -0.25) is 0 Å². The molecule has 2 aliphatic rings. The van der Waals surface area contributed by atoms with E-state index in [0.717, 1.165) is 5.46 Å². The second kappa shape index (κ2) is 7.54. The Bertz CT molecular complexity index is 1310. The molecule has 34 heavy (non-hydrogen) atoms. The zero-order valence-electron chi connectivity index (χ0n) is 20.2. The lowest BCUT2D eigenvalue weighted by molar-refractivity contribution is 0.00578. The summed E-state index contributed by atoms with van der Waals surface area (Å²) in [6, 6.07) is 38.0. The van der Waals surface area contributed by atoms with Crippen molar-refractivity contribution in [3.8, 4) is 11.1 Å². The van der Waals surface area contributed by atoms with E-state index < -0.39 is 8.07 Å². The summed E-state index contributed by atoms with van der Waals surface area (Å²) >= 11 is 0. The van der Waals surface area contributed by atoms with Gasteiger partial charge in [-0.25, -0.2) is 0 Å². The van der Waals surface area contributed by atoms with Crippen LogP contribution in [-0.4, -0.2) is 26.4 Å². The van der Waals surface area contributed by atoms with Crippen LogP contribution in [0.15, 0.2) is 103 Å². The van der Waals surface area contributed by atoms with Crippen LogP contribution in [-0.2, 0) is 9.31 Å². The van der Waals surface area contributed by atoms with Gasteiger partial charge in [-0.2, -0.15) is 0 Å². The first-order valence-electron chi connectivity index (χ1n) is 12.1. The number of benzene rings is 4. The predicted molar refractivity (Wildman–Crippen MR) is 145 cm³/mol. The van der Waals surface area contributed by atoms with Gasteiger partial charge in [0.25, 0.3) is 0 Å². The first kappa shape index (κ1) is 21.6. The van der Waals surface area contributed by atoms with E-state index in [1.165, 1.54) is 31.9 Å². The molecular weight excluding hydrogens is 431 g/mol. The van der Waals surface area contributed by atoms with Crippen molar-refractivity contribution in [2.24, 2.45) is 0 Å². The molecule has 1 fully saturated rings. The first-order chi connectivity index (χ1) is 16.3. The van der Waals surface area contributed by atoms with Gasteiger partial charge in [0.1, 0.15) is 0 Å². The molecule has 4 heteroatoms. The highest BCUT2D eigenvalue weighted by molar-refractivity contribution is 7.22. The Kier molecular flexibility index (Phi) is 4.79. The normalized spacial score (nSPS) is 19.0. The molecule has 2 nitrogen and oxygen atoms in total. The Hall–Kier alpha value is -2.92. The molecule has 168 valence electrons. The van der Waals surface area contributed by atoms with Crippen LogP contribution in [0.3, 0.4) is 0 Å². The van der Waals surface area contributed by atoms with Gasteiger partial charge in [0, 0.05) is 0 Å². The molecule has 0 radical (unpaired) electrons. The smallest absolute Gasteiger partial charge is 0.399 e. The van der Waals surface area contributed by atoms with Gasteiger partial charge < -0.3 is 9.31 Å². The van der Waals surface area contributed by atoms with E-state index >= 15 is 0 Å². The molecule has 0 saturated carbocycles. The van der Waals surface area contributed by atoms with Crippen molar-refractivity contribution >= 4 is 41.4 Å². The van der Waals surface area contributed by atoms with E-state index in [4.69, 9.17) is 9.31 Å². The third-order valence-electron chi connectivity index (χ3n) is 8.01. The minimum atomic E-state index is -2.49. The Morgan fingerprint density at radius 1 is 0.559 bits per heavy atom. The molecule has 0 unspecified atom stereocenters. The zero-order chi connectivity index (χ0) is 23.6. The summed E-state index contributed by atoms with van der Waals surface area (Å²) in [6.45, 7) is 8.46. The molecule has 2 aliphatic heterocycles. The number of rotatable bonds is 3. The van der Waals surface area contributed by atoms with E-state index in [9.17, 15) is 0 Å². The summed E-state index contributed by atoms with van der Waals surface area (Å²) in [6.07, 6.45) is 0. The fourth-order valence-corrected chi connectivity index (χ4v) is 10.8. The lowest BCUT2D eigenvalue weighted by Gasteiger charge is -2.32. The summed E-state index contributed by atoms with van der Waals surface area (Å²) in [5.41, 5.74) is 3.03. The van der Waals surface area contributed by atoms with Gasteiger partial charge in [-0.05, 0) is 65.0 Å². The fourth-order valence-electron chi connectivity index (χ4n) is 5.59. The Balaban J connectivity index is 1.64. The molecular formula is C30H29BO2Si. The largest absolute Gasteiger partial charge is 0.494 e. The van der Waals surface area contributed by atoms with Crippen LogP contribution in [0, 0.1) is 0 Å². The van der Waals surface area contributed by atoms with Crippen LogP contribution in [0.2, 0.25) is 0 Å². The molecule has 0 spiro atoms. The molecule has 2 heterocycles. The SMILES string of the molecule is CC1(C)OB(c2ccc3c(c2)[Si](c2ccccc2)(c2ccccc2)c2ccccc2-3)OC1(C)C. The monoisotopic (exact) mass is 460 g/mol. The fraction of sp³-hybridized carbons (Fsp3) is 0.200. The maximum atomic E-state index is 6.46. The lowest BCUT2D eigenvalue weighted by Crippen LogP contribution is -2.73. The van der Waals surface area contributed by atoms with Crippen LogP contribution in [0.25, 0.3) is 11.1 Å². The second-order valence-electron chi connectivity index (χ2n) is 10.4. The highest BCUT2D eigenvalue weighted by Gasteiger charge is 2.53. The van der Waals surface area contributed by atoms with Gasteiger partial charge in [0.05, 0.1) is 11.2 Å². The maximum absolute atomic E-state index is 6.46. The highest BCUT2D eigenvalue weighted by Crippen LogP contribution is 2.37. The van der Waals surface area contributed by atoms with E-state index in [2.05, 4.69) is 131 Å². The molecule has 0 aliphatic carbocycles. The van der Waals surface area contributed by atoms with Gasteiger partial charge in [-0.15, -0.1) is 0 Å². The van der Waals surface area contributed by atoms with Crippen molar-refractivity contribution in [1.29, 1.82) is 0 Å². The van der Waals surface area contributed by atoms with E-state index in [-0.39, 0.29) is 18.3 Å². The van der Waals surface area contributed by atoms with Crippen molar-refractivity contribution in [1.82, 2.24) is 0 Å². The van der Waals surface area contributed by atoms with Crippen molar-refractivity contribution in [2.75, 3.05) is 0 Å². The van der Waals surface area contributed by atoms with E-state index in [0.29, 0.717) is 0 Å². The summed E-state index contributed by atoms with van der Waals surface area (Å²) in [5.74, 6) is 0. The minimum Gasteiger partial charge on any atom is -0.399 e. The predicted octanol–water partition coefficient (Wildman–Crippen LogP) is 3.34. The molecule has 0 amide bonds. The quantitative estimate of drug-likeness (QED) is 0.385. The number of hydrogen-bond donors (Lipinski definition) is 0. The van der Waals surface area contributed by atoms with Crippen molar-refractivity contribution in [2.45, 2.75) is 38.9 Å². The summed E-state index contributed by atoms with van der Waals surface area (Å²) in [4.78, 5) is 0. The average Bonchev–Trinajstić information content (AvgIpc) is 3.27.